The van der Waals surface area contributed by atoms with Gasteiger partial charge in [0.1, 0.15) is 12.6 Å². The normalized spacial score (nSPS) is 14.8. The average molecular weight is 434 g/mol. The Morgan fingerprint density at radius 2 is 1.59 bits per heavy atom. The van der Waals surface area contributed by atoms with E-state index in [0.29, 0.717) is 0 Å². The number of carbonyl (C=O) groups excluding carboxylic acids is 2. The van der Waals surface area contributed by atoms with Crippen molar-refractivity contribution in [3.63, 3.8) is 0 Å². The van der Waals surface area contributed by atoms with Crippen LogP contribution in [-0.4, -0.2) is 41.8 Å². The number of carbonyl (C=O) groups is 3. The summed E-state index contributed by atoms with van der Waals surface area (Å²) in [6, 6.07) is 14.3. The highest BCUT2D eigenvalue weighted by atomic mass is 16.5. The number of amides is 2. The Morgan fingerprint density at radius 3 is 2.12 bits per heavy atom. The van der Waals surface area contributed by atoms with E-state index in [1.807, 2.05) is 48.5 Å². The number of hydrogen-bond acceptors (Lipinski definition) is 4. The fraction of sp³-hybridized carbons (Fsp3) is 0.320. The highest BCUT2D eigenvalue weighted by Crippen LogP contribution is 2.44. The SMILES string of the molecule is C#CCC(NC(=O)OCC1c2ccccc2-c2ccccc21)C(=O)NC(C)C(C)C(=O)O. The Labute approximate surface area is 187 Å². The number of carboxylic acid groups (broad SMARTS) is 1. The van der Waals surface area contributed by atoms with E-state index >= 15 is 0 Å². The molecular weight excluding hydrogens is 408 g/mol. The van der Waals surface area contributed by atoms with Crippen molar-refractivity contribution in [3.8, 4) is 23.5 Å². The second-order valence-corrected chi connectivity index (χ2v) is 7.85. The second kappa shape index (κ2) is 10.0. The van der Waals surface area contributed by atoms with Gasteiger partial charge in [-0.05, 0) is 36.1 Å². The Hall–Kier alpha value is -3.79. The fourth-order valence-electron chi connectivity index (χ4n) is 3.77. The lowest BCUT2D eigenvalue weighted by Crippen LogP contribution is -2.51. The molecule has 7 nitrogen and oxygen atoms in total. The predicted molar refractivity (Wildman–Crippen MR) is 120 cm³/mol. The van der Waals surface area contributed by atoms with E-state index in [4.69, 9.17) is 16.3 Å². The first-order chi connectivity index (χ1) is 15.3. The van der Waals surface area contributed by atoms with Gasteiger partial charge in [0.2, 0.25) is 5.91 Å². The highest BCUT2D eigenvalue weighted by molar-refractivity contribution is 5.86. The molecule has 0 radical (unpaired) electrons. The first-order valence-corrected chi connectivity index (χ1v) is 10.4. The van der Waals surface area contributed by atoms with E-state index in [1.165, 1.54) is 6.92 Å². The Bertz CT molecular complexity index is 1010. The molecule has 0 aromatic heterocycles. The van der Waals surface area contributed by atoms with Crippen molar-refractivity contribution in [2.24, 2.45) is 5.92 Å². The van der Waals surface area contributed by atoms with Crippen LogP contribution in [-0.2, 0) is 14.3 Å². The third-order valence-electron chi connectivity index (χ3n) is 5.78. The smallest absolute Gasteiger partial charge is 0.407 e. The van der Waals surface area contributed by atoms with Crippen LogP contribution < -0.4 is 10.6 Å². The molecule has 1 aliphatic carbocycles. The zero-order valence-electron chi connectivity index (χ0n) is 18.0. The van der Waals surface area contributed by atoms with Crippen LogP contribution in [0.15, 0.2) is 48.5 Å². The summed E-state index contributed by atoms with van der Waals surface area (Å²) in [5.74, 6) is -0.134. The van der Waals surface area contributed by atoms with Crippen LogP contribution >= 0.6 is 0 Å². The highest BCUT2D eigenvalue weighted by Gasteiger charge is 2.30. The van der Waals surface area contributed by atoms with E-state index < -0.39 is 36.0 Å². The molecule has 32 heavy (non-hydrogen) atoms. The molecule has 0 saturated heterocycles. The standard InChI is InChI=1S/C25H26N2O5/c1-4-9-22(23(28)26-16(3)15(2)24(29)30)27-25(31)32-14-21-19-12-7-5-10-17(19)18-11-6-8-13-20(18)21/h1,5-8,10-13,15-16,21-22H,9,14H2,2-3H3,(H,26,28)(H,27,31)(H,29,30). The van der Waals surface area contributed by atoms with E-state index in [-0.39, 0.29) is 18.9 Å². The van der Waals surface area contributed by atoms with Crippen LogP contribution in [0.4, 0.5) is 4.79 Å². The number of fused-ring (bicyclic) bond motifs is 3. The van der Waals surface area contributed by atoms with Gasteiger partial charge in [-0.15, -0.1) is 12.3 Å². The zero-order valence-corrected chi connectivity index (χ0v) is 18.0. The summed E-state index contributed by atoms with van der Waals surface area (Å²) < 4.78 is 5.46. The van der Waals surface area contributed by atoms with Crippen molar-refractivity contribution >= 4 is 18.0 Å². The molecule has 3 atom stereocenters. The van der Waals surface area contributed by atoms with Gasteiger partial charge < -0.3 is 20.5 Å². The van der Waals surface area contributed by atoms with Crippen molar-refractivity contribution in [2.45, 2.75) is 38.3 Å². The van der Waals surface area contributed by atoms with Gasteiger partial charge in [-0.3, -0.25) is 9.59 Å². The van der Waals surface area contributed by atoms with Crippen LogP contribution in [0, 0.1) is 18.3 Å². The first kappa shape index (κ1) is 22.9. The predicted octanol–water partition coefficient (Wildman–Crippen LogP) is 3.14. The Balaban J connectivity index is 1.63. The van der Waals surface area contributed by atoms with E-state index in [1.54, 1.807) is 6.92 Å². The fourth-order valence-corrected chi connectivity index (χ4v) is 3.77. The van der Waals surface area contributed by atoms with Gasteiger partial charge in [-0.2, -0.15) is 0 Å². The molecule has 0 bridgehead atoms. The number of rotatable bonds is 8. The third-order valence-corrected chi connectivity index (χ3v) is 5.78. The summed E-state index contributed by atoms with van der Waals surface area (Å²) in [6.45, 7) is 3.18. The molecule has 2 aromatic rings. The Morgan fingerprint density at radius 1 is 1.03 bits per heavy atom. The number of aliphatic carboxylic acids is 1. The van der Waals surface area contributed by atoms with Crippen LogP contribution in [0.2, 0.25) is 0 Å². The van der Waals surface area contributed by atoms with E-state index in [9.17, 15) is 14.4 Å². The molecule has 0 spiro atoms. The van der Waals surface area contributed by atoms with Gasteiger partial charge in [-0.25, -0.2) is 4.79 Å². The maximum atomic E-state index is 12.5. The summed E-state index contributed by atoms with van der Waals surface area (Å²) in [5.41, 5.74) is 4.39. The van der Waals surface area contributed by atoms with E-state index in [2.05, 4.69) is 16.6 Å². The number of terminal acetylenes is 1. The maximum absolute atomic E-state index is 12.5. The lowest BCUT2D eigenvalue weighted by Gasteiger charge is -2.22. The quantitative estimate of drug-likeness (QED) is 0.554. The molecule has 3 rings (SSSR count). The first-order valence-electron chi connectivity index (χ1n) is 10.4. The summed E-state index contributed by atoms with van der Waals surface area (Å²) >= 11 is 0. The number of alkyl carbamates (subject to hydrolysis) is 1. The number of hydrogen-bond donors (Lipinski definition) is 3. The minimum Gasteiger partial charge on any atom is -0.481 e. The second-order valence-electron chi connectivity index (χ2n) is 7.85. The lowest BCUT2D eigenvalue weighted by atomic mass is 9.98. The van der Waals surface area contributed by atoms with Gasteiger partial charge in [0.15, 0.2) is 0 Å². The molecule has 3 N–H and O–H groups in total. The van der Waals surface area contributed by atoms with Gasteiger partial charge in [0.05, 0.1) is 5.92 Å². The number of benzene rings is 2. The van der Waals surface area contributed by atoms with Crippen molar-refractivity contribution in [3.05, 3.63) is 59.7 Å². The van der Waals surface area contributed by atoms with Crippen LogP contribution in [0.25, 0.3) is 11.1 Å². The molecule has 0 fully saturated rings. The van der Waals surface area contributed by atoms with Crippen molar-refractivity contribution in [2.75, 3.05) is 6.61 Å². The largest absolute Gasteiger partial charge is 0.481 e. The minimum atomic E-state index is -1.03. The topological polar surface area (TPSA) is 105 Å². The lowest BCUT2D eigenvalue weighted by molar-refractivity contribution is -0.142. The molecule has 3 unspecified atom stereocenters. The number of ether oxygens (including phenoxy) is 1. The van der Waals surface area contributed by atoms with Crippen molar-refractivity contribution in [1.29, 1.82) is 0 Å². The third kappa shape index (κ3) is 4.92. The minimum absolute atomic E-state index is 0.0514. The Kier molecular flexibility index (Phi) is 7.16. The van der Waals surface area contributed by atoms with Gasteiger partial charge in [0.25, 0.3) is 0 Å². The maximum Gasteiger partial charge on any atom is 0.407 e. The average Bonchev–Trinajstić information content (AvgIpc) is 3.10. The molecule has 0 saturated carbocycles. The summed E-state index contributed by atoms with van der Waals surface area (Å²) in [7, 11) is 0. The zero-order chi connectivity index (χ0) is 23.3. The number of carboxylic acids is 1. The van der Waals surface area contributed by atoms with Crippen LogP contribution in [0.5, 0.6) is 0 Å². The van der Waals surface area contributed by atoms with Crippen LogP contribution in [0.3, 0.4) is 0 Å². The van der Waals surface area contributed by atoms with Gasteiger partial charge >= 0.3 is 12.1 Å². The molecule has 2 aromatic carbocycles. The molecule has 2 amide bonds. The van der Waals surface area contributed by atoms with Crippen LogP contribution in [0.1, 0.15) is 37.3 Å². The molecule has 0 heterocycles. The molecule has 0 aliphatic heterocycles. The van der Waals surface area contributed by atoms with Gasteiger partial charge in [0, 0.05) is 18.4 Å². The van der Waals surface area contributed by atoms with Crippen molar-refractivity contribution < 1.29 is 24.2 Å². The summed E-state index contributed by atoms with van der Waals surface area (Å²) in [6.07, 6.45) is 4.53. The van der Waals surface area contributed by atoms with Crippen molar-refractivity contribution in [1.82, 2.24) is 10.6 Å². The molecule has 7 heteroatoms. The monoisotopic (exact) mass is 434 g/mol. The van der Waals surface area contributed by atoms with Gasteiger partial charge in [-0.1, -0.05) is 48.5 Å². The molecule has 1 aliphatic rings. The summed E-state index contributed by atoms with van der Waals surface area (Å²) in [4.78, 5) is 36.1. The molecule has 166 valence electrons. The number of nitrogens with one attached hydrogen (secondary N) is 2. The van der Waals surface area contributed by atoms with E-state index in [0.717, 1.165) is 22.3 Å². The molecular formula is C25H26N2O5. The summed E-state index contributed by atoms with van der Waals surface area (Å²) in [5, 5.41) is 14.2.